The van der Waals surface area contributed by atoms with Crippen molar-refractivity contribution in [3.63, 3.8) is 0 Å². The molecule has 2 aromatic carbocycles. The normalized spacial score (nSPS) is 10.7. The number of benzene rings is 2. The third-order valence-electron chi connectivity index (χ3n) is 4.29. The van der Waals surface area contributed by atoms with Gasteiger partial charge >= 0.3 is 0 Å². The average molecular weight is 353 g/mol. The summed E-state index contributed by atoms with van der Waals surface area (Å²) in [5.74, 6) is 1.82. The molecule has 136 valence electrons. The molecule has 1 aromatic heterocycles. The number of amides is 1. The topological polar surface area (TPSA) is 67.5 Å². The first-order valence-electron chi connectivity index (χ1n) is 8.70. The molecule has 3 rings (SSSR count). The molecule has 0 saturated carbocycles. The van der Waals surface area contributed by atoms with Gasteiger partial charge in [-0.25, -0.2) is 4.98 Å². The zero-order valence-electron chi connectivity index (χ0n) is 15.3. The molecule has 0 spiro atoms. The van der Waals surface area contributed by atoms with Gasteiger partial charge < -0.3 is 19.4 Å². The van der Waals surface area contributed by atoms with Crippen LogP contribution in [0.25, 0.3) is 22.4 Å². The maximum Gasteiger partial charge on any atom is 0.260 e. The van der Waals surface area contributed by atoms with Gasteiger partial charge in [0.05, 0.1) is 18.1 Å². The number of carbonyl (C=O) groups is 1. The number of carbonyl (C=O) groups excluding carboxylic acids is 1. The van der Waals surface area contributed by atoms with Crippen molar-refractivity contribution in [1.82, 2.24) is 14.9 Å². The fraction of sp³-hybridized carbons (Fsp3) is 0.300. The van der Waals surface area contributed by atoms with Gasteiger partial charge in [0.2, 0.25) is 0 Å². The number of ether oxygens (including phenoxy) is 2. The zero-order valence-corrected chi connectivity index (χ0v) is 15.3. The minimum atomic E-state index is -0.0431. The summed E-state index contributed by atoms with van der Waals surface area (Å²) in [6, 6.07) is 13.4. The first-order valence-corrected chi connectivity index (χ1v) is 8.70. The Morgan fingerprint density at radius 1 is 1.12 bits per heavy atom. The number of fused-ring (bicyclic) bond motifs is 1. The number of likely N-dealkylation sites (N-methyl/N-ethyl adjacent to an activating group) is 1. The Morgan fingerprint density at radius 3 is 2.58 bits per heavy atom. The van der Waals surface area contributed by atoms with Gasteiger partial charge in [-0.2, -0.15) is 0 Å². The van der Waals surface area contributed by atoms with Crippen molar-refractivity contribution in [2.75, 3.05) is 26.8 Å². The van der Waals surface area contributed by atoms with Gasteiger partial charge in [-0.15, -0.1) is 0 Å². The van der Waals surface area contributed by atoms with E-state index >= 15 is 0 Å². The molecule has 0 atom stereocenters. The van der Waals surface area contributed by atoms with Crippen LogP contribution in [-0.4, -0.2) is 47.6 Å². The van der Waals surface area contributed by atoms with Crippen LogP contribution in [0, 0.1) is 0 Å². The minimum absolute atomic E-state index is 0.0119. The van der Waals surface area contributed by atoms with Crippen molar-refractivity contribution in [2.45, 2.75) is 13.8 Å². The number of hydrogen-bond donors (Lipinski definition) is 1. The highest BCUT2D eigenvalue weighted by molar-refractivity contribution is 5.80. The molecule has 26 heavy (non-hydrogen) atoms. The molecule has 1 N–H and O–H groups in total. The van der Waals surface area contributed by atoms with E-state index in [1.54, 1.807) is 18.1 Å². The highest BCUT2D eigenvalue weighted by Gasteiger charge is 2.14. The van der Waals surface area contributed by atoms with E-state index < -0.39 is 0 Å². The van der Waals surface area contributed by atoms with E-state index in [2.05, 4.69) is 9.97 Å². The van der Waals surface area contributed by atoms with Gasteiger partial charge in [0.25, 0.3) is 5.91 Å². The molecule has 0 unspecified atom stereocenters. The molecule has 0 radical (unpaired) electrons. The monoisotopic (exact) mass is 353 g/mol. The van der Waals surface area contributed by atoms with Gasteiger partial charge in [-0.05, 0) is 44.2 Å². The standard InChI is InChI=1S/C20H23N3O3/c1-4-23(5-2)19(24)13-26-17-11-10-14(12-18(17)25-3)20-21-15-8-6-7-9-16(15)22-20/h6-12H,4-5,13H2,1-3H3,(H,21,22). The van der Waals surface area contributed by atoms with Gasteiger partial charge in [0.1, 0.15) is 5.82 Å². The summed E-state index contributed by atoms with van der Waals surface area (Å²) in [4.78, 5) is 21.7. The summed E-state index contributed by atoms with van der Waals surface area (Å²) in [6.07, 6.45) is 0. The van der Waals surface area contributed by atoms with E-state index in [0.717, 1.165) is 22.4 Å². The number of hydrogen-bond acceptors (Lipinski definition) is 4. The SMILES string of the molecule is CCN(CC)C(=O)COc1ccc(-c2nc3ccccc3[nH]2)cc1OC. The van der Waals surface area contributed by atoms with Gasteiger partial charge in [0, 0.05) is 18.7 Å². The Kier molecular flexibility index (Phi) is 5.41. The fourth-order valence-corrected chi connectivity index (χ4v) is 2.83. The Balaban J connectivity index is 1.80. The number of para-hydroxylation sites is 2. The Bertz CT molecular complexity index is 867. The molecule has 6 nitrogen and oxygen atoms in total. The van der Waals surface area contributed by atoms with E-state index in [-0.39, 0.29) is 12.5 Å². The lowest BCUT2D eigenvalue weighted by Crippen LogP contribution is -2.34. The molecule has 6 heteroatoms. The number of aromatic amines is 1. The maximum absolute atomic E-state index is 12.1. The van der Waals surface area contributed by atoms with E-state index in [9.17, 15) is 4.79 Å². The van der Waals surface area contributed by atoms with Crippen LogP contribution < -0.4 is 9.47 Å². The fourth-order valence-electron chi connectivity index (χ4n) is 2.83. The number of nitrogens with zero attached hydrogens (tertiary/aromatic N) is 2. The molecule has 0 fully saturated rings. The molecule has 1 amide bonds. The lowest BCUT2D eigenvalue weighted by Gasteiger charge is -2.19. The Morgan fingerprint density at radius 2 is 1.88 bits per heavy atom. The van der Waals surface area contributed by atoms with Crippen LogP contribution in [-0.2, 0) is 4.79 Å². The van der Waals surface area contributed by atoms with Crippen LogP contribution in [0.4, 0.5) is 0 Å². The smallest absolute Gasteiger partial charge is 0.260 e. The third kappa shape index (κ3) is 3.64. The van der Waals surface area contributed by atoms with E-state index in [4.69, 9.17) is 9.47 Å². The number of rotatable bonds is 7. The summed E-state index contributed by atoms with van der Waals surface area (Å²) in [5.41, 5.74) is 2.78. The molecule has 3 aromatic rings. The first-order chi connectivity index (χ1) is 12.7. The summed E-state index contributed by atoms with van der Waals surface area (Å²) in [6.45, 7) is 5.22. The lowest BCUT2D eigenvalue weighted by atomic mass is 10.2. The van der Waals surface area contributed by atoms with Gasteiger partial charge in [0.15, 0.2) is 18.1 Å². The molecular weight excluding hydrogens is 330 g/mol. The van der Waals surface area contributed by atoms with Gasteiger partial charge in [-0.3, -0.25) is 4.79 Å². The van der Waals surface area contributed by atoms with Crippen LogP contribution in [0.15, 0.2) is 42.5 Å². The minimum Gasteiger partial charge on any atom is -0.493 e. The van der Waals surface area contributed by atoms with Crippen molar-refractivity contribution in [3.8, 4) is 22.9 Å². The van der Waals surface area contributed by atoms with E-state index in [1.807, 2.05) is 50.2 Å². The number of methoxy groups -OCH3 is 1. The molecule has 0 aliphatic rings. The largest absolute Gasteiger partial charge is 0.493 e. The second-order valence-corrected chi connectivity index (χ2v) is 5.82. The van der Waals surface area contributed by atoms with Crippen molar-refractivity contribution in [2.24, 2.45) is 0 Å². The third-order valence-corrected chi connectivity index (χ3v) is 4.29. The molecule has 1 heterocycles. The number of imidazole rings is 1. The van der Waals surface area contributed by atoms with Crippen molar-refractivity contribution in [3.05, 3.63) is 42.5 Å². The Labute approximate surface area is 152 Å². The molecule has 0 bridgehead atoms. The Hall–Kier alpha value is -3.02. The highest BCUT2D eigenvalue weighted by Crippen LogP contribution is 2.32. The van der Waals surface area contributed by atoms with Gasteiger partial charge in [-0.1, -0.05) is 12.1 Å². The maximum atomic E-state index is 12.1. The zero-order chi connectivity index (χ0) is 18.5. The van der Waals surface area contributed by atoms with Crippen LogP contribution in [0.5, 0.6) is 11.5 Å². The summed E-state index contributed by atoms with van der Waals surface area (Å²) in [7, 11) is 1.58. The summed E-state index contributed by atoms with van der Waals surface area (Å²) < 4.78 is 11.1. The predicted molar refractivity (Wildman–Crippen MR) is 102 cm³/mol. The number of nitrogens with one attached hydrogen (secondary N) is 1. The van der Waals surface area contributed by atoms with Crippen LogP contribution in [0.2, 0.25) is 0 Å². The number of H-pyrrole nitrogens is 1. The predicted octanol–water partition coefficient (Wildman–Crippen LogP) is 3.49. The lowest BCUT2D eigenvalue weighted by molar-refractivity contribution is -0.132. The second kappa shape index (κ2) is 7.91. The van der Waals surface area contributed by atoms with Crippen LogP contribution in [0.3, 0.4) is 0 Å². The second-order valence-electron chi connectivity index (χ2n) is 5.82. The summed E-state index contributed by atoms with van der Waals surface area (Å²) in [5, 5.41) is 0. The number of aromatic nitrogens is 2. The highest BCUT2D eigenvalue weighted by atomic mass is 16.5. The van der Waals surface area contributed by atoms with Crippen molar-refractivity contribution >= 4 is 16.9 Å². The van der Waals surface area contributed by atoms with Crippen LogP contribution >= 0.6 is 0 Å². The molecule has 0 aliphatic heterocycles. The van der Waals surface area contributed by atoms with E-state index in [0.29, 0.717) is 24.6 Å². The average Bonchev–Trinajstić information content (AvgIpc) is 3.11. The quantitative estimate of drug-likeness (QED) is 0.706. The molecular formula is C20H23N3O3. The van der Waals surface area contributed by atoms with E-state index in [1.165, 1.54) is 0 Å². The molecule has 0 aliphatic carbocycles. The van der Waals surface area contributed by atoms with Crippen molar-refractivity contribution < 1.29 is 14.3 Å². The van der Waals surface area contributed by atoms with Crippen molar-refractivity contribution in [1.29, 1.82) is 0 Å². The first kappa shape index (κ1) is 17.8. The molecule has 0 saturated heterocycles. The van der Waals surface area contributed by atoms with Crippen LogP contribution in [0.1, 0.15) is 13.8 Å². The summed E-state index contributed by atoms with van der Waals surface area (Å²) >= 11 is 0.